The van der Waals surface area contributed by atoms with Gasteiger partial charge in [-0.3, -0.25) is 4.79 Å². The summed E-state index contributed by atoms with van der Waals surface area (Å²) in [7, 11) is 0. The molecule has 0 aliphatic carbocycles. The molecule has 3 heterocycles. The Balaban J connectivity index is 2.01. The van der Waals surface area contributed by atoms with Crippen LogP contribution in [0.2, 0.25) is 0 Å². The number of hydrogen-bond acceptors (Lipinski definition) is 6. The SMILES string of the molecule is [2H]C1([2H])OC(C)(C)C(=O)N(c2cc(-c3cc(C(F)(F)F)c4c(N)ncnn34)ccc2C#N)C1([2H])[2H]. The number of benzene rings is 1. The molecule has 1 aliphatic rings. The maximum absolute atomic E-state index is 13.7. The monoisotopic (exact) mass is 434 g/mol. The molecule has 3 aromatic rings. The van der Waals surface area contributed by atoms with E-state index in [1.54, 1.807) is 6.07 Å². The zero-order valence-electron chi connectivity index (χ0n) is 20.2. The summed E-state index contributed by atoms with van der Waals surface area (Å²) < 4.78 is 79.8. The van der Waals surface area contributed by atoms with Crippen LogP contribution in [0.1, 0.15) is 30.5 Å². The number of anilines is 2. The predicted molar refractivity (Wildman–Crippen MR) is 105 cm³/mol. The van der Waals surface area contributed by atoms with Crippen LogP contribution in [-0.2, 0) is 15.7 Å². The second-order valence-electron chi connectivity index (χ2n) is 7.16. The van der Waals surface area contributed by atoms with Crippen molar-refractivity contribution in [1.82, 2.24) is 14.6 Å². The summed E-state index contributed by atoms with van der Waals surface area (Å²) in [5.41, 5.74) is 1.56. The third kappa shape index (κ3) is 3.34. The van der Waals surface area contributed by atoms with Gasteiger partial charge in [-0.05, 0) is 32.0 Å². The third-order valence-corrected chi connectivity index (χ3v) is 4.72. The molecular weight excluding hydrogens is 413 g/mol. The first-order valence-electron chi connectivity index (χ1n) is 10.8. The number of alkyl halides is 3. The Morgan fingerprint density at radius 1 is 1.35 bits per heavy atom. The van der Waals surface area contributed by atoms with Crippen molar-refractivity contribution < 1.29 is 28.2 Å². The number of ether oxygens (including phenoxy) is 1. The van der Waals surface area contributed by atoms with Gasteiger partial charge in [-0.2, -0.15) is 23.5 Å². The fourth-order valence-corrected chi connectivity index (χ4v) is 3.19. The van der Waals surface area contributed by atoms with Crippen molar-refractivity contribution in [3.63, 3.8) is 0 Å². The van der Waals surface area contributed by atoms with Gasteiger partial charge in [0.2, 0.25) is 0 Å². The number of halogens is 3. The fraction of sp³-hybridized carbons (Fsp3) is 0.300. The average Bonchev–Trinajstić information content (AvgIpc) is 3.13. The number of morpholine rings is 1. The van der Waals surface area contributed by atoms with Gasteiger partial charge in [0.15, 0.2) is 5.82 Å². The molecule has 0 saturated carbocycles. The van der Waals surface area contributed by atoms with Crippen LogP contribution in [0.5, 0.6) is 0 Å². The smallest absolute Gasteiger partial charge is 0.382 e. The Morgan fingerprint density at radius 3 is 2.77 bits per heavy atom. The quantitative estimate of drug-likeness (QED) is 0.664. The first kappa shape index (κ1) is 16.1. The second kappa shape index (κ2) is 6.95. The highest BCUT2D eigenvalue weighted by atomic mass is 19.4. The summed E-state index contributed by atoms with van der Waals surface area (Å²) in [6, 6.07) is 6.17. The van der Waals surface area contributed by atoms with E-state index in [9.17, 15) is 23.2 Å². The molecule has 0 atom stereocenters. The molecule has 160 valence electrons. The highest BCUT2D eigenvalue weighted by molar-refractivity contribution is 6.01. The van der Waals surface area contributed by atoms with Crippen molar-refractivity contribution in [3.8, 4) is 17.3 Å². The summed E-state index contributed by atoms with van der Waals surface area (Å²) >= 11 is 0. The number of nitrogens with zero attached hydrogens (tertiary/aromatic N) is 5. The summed E-state index contributed by atoms with van der Waals surface area (Å²) in [4.78, 5) is 17.2. The maximum atomic E-state index is 13.7. The number of nitriles is 1. The lowest BCUT2D eigenvalue weighted by Gasteiger charge is -2.37. The molecule has 31 heavy (non-hydrogen) atoms. The maximum Gasteiger partial charge on any atom is 0.418 e. The van der Waals surface area contributed by atoms with Crippen LogP contribution in [-0.4, -0.2) is 39.2 Å². The van der Waals surface area contributed by atoms with E-state index in [0.717, 1.165) is 23.0 Å². The number of nitrogen functional groups attached to an aromatic ring is 1. The summed E-state index contributed by atoms with van der Waals surface area (Å²) in [5.74, 6) is -1.42. The van der Waals surface area contributed by atoms with E-state index >= 15 is 0 Å². The van der Waals surface area contributed by atoms with E-state index in [-0.39, 0.29) is 22.5 Å². The molecule has 0 spiro atoms. The zero-order chi connectivity index (χ0) is 26.1. The topological polar surface area (TPSA) is 110 Å². The van der Waals surface area contributed by atoms with Crippen molar-refractivity contribution in [2.45, 2.75) is 25.6 Å². The molecule has 8 nitrogen and oxygen atoms in total. The minimum atomic E-state index is -4.81. The number of fused-ring (bicyclic) bond motifs is 1. The van der Waals surface area contributed by atoms with Crippen LogP contribution >= 0.6 is 0 Å². The molecule has 1 aliphatic heterocycles. The van der Waals surface area contributed by atoms with Gasteiger partial charge in [0.05, 0.1) is 34.6 Å². The number of carbonyl (C=O) groups excluding carboxylic acids is 1. The summed E-state index contributed by atoms with van der Waals surface area (Å²) in [6.07, 6.45) is -3.85. The molecule has 11 heteroatoms. The van der Waals surface area contributed by atoms with Crippen molar-refractivity contribution in [3.05, 3.63) is 41.7 Å². The highest BCUT2D eigenvalue weighted by Gasteiger charge is 2.39. The third-order valence-electron chi connectivity index (χ3n) is 4.72. The van der Waals surface area contributed by atoms with E-state index in [2.05, 4.69) is 10.1 Å². The Hall–Kier alpha value is -3.65. The van der Waals surface area contributed by atoms with Crippen molar-refractivity contribution in [1.29, 1.82) is 5.26 Å². The number of rotatable bonds is 2. The van der Waals surface area contributed by atoms with E-state index in [1.165, 1.54) is 26.0 Å². The van der Waals surface area contributed by atoms with Crippen molar-refractivity contribution >= 4 is 22.9 Å². The van der Waals surface area contributed by atoms with Crippen LogP contribution in [0.4, 0.5) is 24.7 Å². The standard InChI is InChI=1S/C20H17F3N6O2/c1-19(2)18(30)28(5-6-31-19)14-7-11(3-4-12(14)9-24)15-8-13(20(21,22)23)16-17(25)26-10-27-29(15)16/h3-4,7-8,10H,5-6H2,1-2H3,(H2,25,26,27)/i5D2,6D2. The Bertz CT molecular complexity index is 1410. The Labute approximate surface area is 180 Å². The lowest BCUT2D eigenvalue weighted by atomic mass is 10.0. The number of carbonyl (C=O) groups is 1. The van der Waals surface area contributed by atoms with Crippen LogP contribution in [0.3, 0.4) is 0 Å². The molecule has 0 radical (unpaired) electrons. The summed E-state index contributed by atoms with van der Waals surface area (Å²) in [5, 5.41) is 13.5. The Morgan fingerprint density at radius 2 is 2.10 bits per heavy atom. The molecule has 4 rings (SSSR count). The van der Waals surface area contributed by atoms with Gasteiger partial charge in [-0.25, -0.2) is 9.50 Å². The number of nitrogens with two attached hydrogens (primary N) is 1. The Kier molecular flexibility index (Phi) is 3.61. The van der Waals surface area contributed by atoms with Gasteiger partial charge in [-0.15, -0.1) is 0 Å². The first-order valence-corrected chi connectivity index (χ1v) is 8.82. The fourth-order valence-electron chi connectivity index (χ4n) is 3.19. The first-order chi connectivity index (χ1) is 16.0. The average molecular weight is 434 g/mol. The van der Waals surface area contributed by atoms with E-state index in [4.69, 9.17) is 16.0 Å². The van der Waals surface area contributed by atoms with Gasteiger partial charge in [0, 0.05) is 12.1 Å². The predicted octanol–water partition coefficient (Wildman–Crippen LogP) is 3.01. The van der Waals surface area contributed by atoms with Crippen molar-refractivity contribution in [2.24, 2.45) is 0 Å². The van der Waals surface area contributed by atoms with Gasteiger partial charge in [-0.1, -0.05) is 6.07 Å². The van der Waals surface area contributed by atoms with E-state index in [1.807, 2.05) is 0 Å². The molecule has 1 fully saturated rings. The van der Waals surface area contributed by atoms with Gasteiger partial charge >= 0.3 is 6.18 Å². The minimum absolute atomic E-state index is 0.0241. The summed E-state index contributed by atoms with van der Waals surface area (Å²) in [6.45, 7) is -3.59. The van der Waals surface area contributed by atoms with Gasteiger partial charge in [0.25, 0.3) is 5.91 Å². The van der Waals surface area contributed by atoms with Gasteiger partial charge in [0.1, 0.15) is 23.5 Å². The largest absolute Gasteiger partial charge is 0.418 e. The molecule has 0 bridgehead atoms. The molecule has 2 N–H and O–H groups in total. The van der Waals surface area contributed by atoms with Gasteiger partial charge < -0.3 is 15.4 Å². The lowest BCUT2D eigenvalue weighted by molar-refractivity contribution is -0.144. The highest BCUT2D eigenvalue weighted by Crippen LogP contribution is 2.39. The van der Waals surface area contributed by atoms with E-state index < -0.39 is 47.6 Å². The number of aromatic nitrogens is 3. The second-order valence-corrected chi connectivity index (χ2v) is 7.16. The molecule has 1 aromatic carbocycles. The molecular formula is C20H17F3N6O2. The number of hydrogen-bond donors (Lipinski definition) is 1. The molecule has 0 unspecified atom stereocenters. The van der Waals surface area contributed by atoms with Crippen LogP contribution in [0.25, 0.3) is 16.8 Å². The molecule has 1 amide bonds. The normalized spacial score (nSPS) is 21.7. The van der Waals surface area contributed by atoms with Crippen molar-refractivity contribution in [2.75, 3.05) is 23.7 Å². The lowest BCUT2D eigenvalue weighted by Crippen LogP contribution is -2.53. The van der Waals surface area contributed by atoms with E-state index in [0.29, 0.717) is 4.90 Å². The van der Waals surface area contributed by atoms with Crippen LogP contribution in [0.15, 0.2) is 30.6 Å². The number of amides is 1. The minimum Gasteiger partial charge on any atom is -0.382 e. The zero-order valence-corrected chi connectivity index (χ0v) is 16.2. The van der Waals surface area contributed by atoms with Crippen LogP contribution < -0.4 is 10.6 Å². The molecule has 2 aromatic heterocycles. The molecule has 1 saturated heterocycles. The van der Waals surface area contributed by atoms with Crippen LogP contribution in [0, 0.1) is 11.3 Å².